The molecule has 0 saturated carbocycles. The molecule has 1 radical (unpaired) electrons. The quantitative estimate of drug-likeness (QED) is 0.614. The van der Waals surface area contributed by atoms with E-state index in [0.29, 0.717) is 0 Å². The third-order valence-electron chi connectivity index (χ3n) is 5.35. The Balaban J connectivity index is 0.00000225. The molecule has 0 amide bonds. The molecule has 2 aromatic rings. The number of likely N-dealkylation sites (tertiary alicyclic amines) is 1. The predicted octanol–water partition coefficient (Wildman–Crippen LogP) is 4.88. The van der Waals surface area contributed by atoms with E-state index in [2.05, 4.69) is 62.4 Å². The molecule has 1 fully saturated rings. The average molecular weight is 413 g/mol. The van der Waals surface area contributed by atoms with Crippen LogP contribution < -0.4 is 4.74 Å². The zero-order chi connectivity index (χ0) is 16.8. The molecule has 1 aliphatic rings. The summed E-state index contributed by atoms with van der Waals surface area (Å²) < 4.78 is 7.39. The molecule has 0 aliphatic carbocycles. The van der Waals surface area contributed by atoms with Crippen LogP contribution in [0.15, 0.2) is 48.5 Å². The zero-order valence-corrected chi connectivity index (χ0v) is 18.5. The van der Waals surface area contributed by atoms with Crippen molar-refractivity contribution in [2.75, 3.05) is 26.2 Å². The van der Waals surface area contributed by atoms with Crippen LogP contribution in [0.3, 0.4) is 0 Å². The number of benzene rings is 2. The zero-order valence-electron chi connectivity index (χ0n) is 15.7. The fourth-order valence-corrected chi connectivity index (χ4v) is 3.98. The molecule has 0 unspecified atom stereocenters. The second-order valence-electron chi connectivity index (χ2n) is 7.29. The van der Waals surface area contributed by atoms with Crippen LogP contribution in [0.4, 0.5) is 0 Å². The van der Waals surface area contributed by atoms with Crippen LogP contribution in [0.1, 0.15) is 36.0 Å². The van der Waals surface area contributed by atoms with Gasteiger partial charge in [0.05, 0.1) is 13.1 Å². The summed E-state index contributed by atoms with van der Waals surface area (Å²) in [6.45, 7) is 9.88. The SMILES string of the molecule is Cc1cccc(C)c1OCC[N+]1(Cc2ccccc2)CCCCC1.[Y]. The summed E-state index contributed by atoms with van der Waals surface area (Å²) in [5.74, 6) is 1.08. The number of quaternary nitrogens is 1. The van der Waals surface area contributed by atoms with Crippen molar-refractivity contribution in [2.45, 2.75) is 39.7 Å². The molecule has 3 rings (SSSR count). The smallest absolute Gasteiger partial charge is 0.137 e. The van der Waals surface area contributed by atoms with E-state index >= 15 is 0 Å². The second kappa shape index (κ2) is 9.85. The predicted molar refractivity (Wildman–Crippen MR) is 100 cm³/mol. The van der Waals surface area contributed by atoms with Crippen LogP contribution in [0.25, 0.3) is 0 Å². The van der Waals surface area contributed by atoms with Crippen molar-refractivity contribution in [1.29, 1.82) is 0 Å². The van der Waals surface area contributed by atoms with Gasteiger partial charge in [0.15, 0.2) is 0 Å². The summed E-state index contributed by atoms with van der Waals surface area (Å²) in [6, 6.07) is 17.3. The number of piperidine rings is 1. The van der Waals surface area contributed by atoms with Gasteiger partial charge in [-0.25, -0.2) is 0 Å². The van der Waals surface area contributed by atoms with Crippen molar-refractivity contribution in [2.24, 2.45) is 0 Å². The van der Waals surface area contributed by atoms with Crippen molar-refractivity contribution < 1.29 is 41.9 Å². The average Bonchev–Trinajstić information content (AvgIpc) is 2.59. The summed E-state index contributed by atoms with van der Waals surface area (Å²) >= 11 is 0. The van der Waals surface area contributed by atoms with Crippen LogP contribution in [0, 0.1) is 13.8 Å². The molecule has 2 nitrogen and oxygen atoms in total. The van der Waals surface area contributed by atoms with E-state index in [1.807, 2.05) is 0 Å². The first kappa shape index (κ1) is 20.6. The monoisotopic (exact) mass is 413 g/mol. The van der Waals surface area contributed by atoms with Crippen molar-refractivity contribution in [3.63, 3.8) is 0 Å². The Hall–Kier alpha value is -0.696. The van der Waals surface area contributed by atoms with Gasteiger partial charge in [-0.15, -0.1) is 0 Å². The third kappa shape index (κ3) is 5.64. The number of para-hydroxylation sites is 1. The van der Waals surface area contributed by atoms with E-state index in [1.54, 1.807) is 0 Å². The summed E-state index contributed by atoms with van der Waals surface area (Å²) in [4.78, 5) is 0. The maximum absolute atomic E-state index is 6.22. The molecule has 1 aliphatic heterocycles. The fraction of sp³-hybridized carbons (Fsp3) is 0.455. The number of hydrogen-bond donors (Lipinski definition) is 0. The molecular weight excluding hydrogens is 383 g/mol. The van der Waals surface area contributed by atoms with E-state index in [4.69, 9.17) is 4.74 Å². The van der Waals surface area contributed by atoms with Gasteiger partial charge in [0.2, 0.25) is 0 Å². The van der Waals surface area contributed by atoms with E-state index < -0.39 is 0 Å². The van der Waals surface area contributed by atoms with Crippen molar-refractivity contribution in [3.8, 4) is 5.75 Å². The topological polar surface area (TPSA) is 9.23 Å². The Bertz CT molecular complexity index is 630. The minimum Gasteiger partial charge on any atom is -0.487 e. The molecule has 2 aromatic carbocycles. The van der Waals surface area contributed by atoms with Crippen LogP contribution in [0.2, 0.25) is 0 Å². The summed E-state index contributed by atoms with van der Waals surface area (Å²) in [5.41, 5.74) is 3.93. The van der Waals surface area contributed by atoms with Gasteiger partial charge in [-0.2, -0.15) is 0 Å². The van der Waals surface area contributed by atoms with Gasteiger partial charge in [-0.1, -0.05) is 48.5 Å². The second-order valence-corrected chi connectivity index (χ2v) is 7.29. The number of ether oxygens (including phenoxy) is 1. The summed E-state index contributed by atoms with van der Waals surface area (Å²) in [5, 5.41) is 0. The molecule has 0 atom stereocenters. The minimum atomic E-state index is 0. The van der Waals surface area contributed by atoms with Gasteiger partial charge in [-0.05, 0) is 44.2 Å². The largest absolute Gasteiger partial charge is 0.487 e. The van der Waals surface area contributed by atoms with E-state index in [0.717, 1.165) is 25.4 Å². The first-order chi connectivity index (χ1) is 11.7. The maximum atomic E-state index is 6.22. The Morgan fingerprint density at radius 3 is 2.12 bits per heavy atom. The van der Waals surface area contributed by atoms with Crippen LogP contribution in [-0.4, -0.2) is 30.7 Å². The van der Waals surface area contributed by atoms with Gasteiger partial charge in [0, 0.05) is 38.3 Å². The number of aryl methyl sites for hydroxylation is 2. The normalized spacial score (nSPS) is 16.1. The third-order valence-corrected chi connectivity index (χ3v) is 5.35. The molecule has 0 N–H and O–H groups in total. The van der Waals surface area contributed by atoms with Gasteiger partial charge >= 0.3 is 0 Å². The standard InChI is InChI=1S/C22H30NO.Y/c1-19-10-9-11-20(2)22(19)24-17-16-23(14-7-4-8-15-23)18-21-12-5-3-6-13-21;/h3,5-6,9-13H,4,7-8,14-18H2,1-2H3;/q+1;. The van der Waals surface area contributed by atoms with Gasteiger partial charge < -0.3 is 9.22 Å². The van der Waals surface area contributed by atoms with E-state index in [-0.39, 0.29) is 32.7 Å². The van der Waals surface area contributed by atoms with Crippen LogP contribution in [0.5, 0.6) is 5.75 Å². The molecular formula is C22H30NOY+. The number of hydrogen-bond acceptors (Lipinski definition) is 1. The molecule has 0 aromatic heterocycles. The number of nitrogens with zero attached hydrogens (tertiary/aromatic N) is 1. The van der Waals surface area contributed by atoms with E-state index in [1.165, 1.54) is 53.5 Å². The van der Waals surface area contributed by atoms with Crippen molar-refractivity contribution in [1.82, 2.24) is 0 Å². The molecule has 131 valence electrons. The fourth-order valence-electron chi connectivity index (χ4n) is 3.98. The minimum absolute atomic E-state index is 0. The molecule has 0 spiro atoms. The van der Waals surface area contributed by atoms with E-state index in [9.17, 15) is 0 Å². The van der Waals surface area contributed by atoms with Gasteiger partial charge in [0.25, 0.3) is 0 Å². The van der Waals surface area contributed by atoms with Crippen LogP contribution in [-0.2, 0) is 39.3 Å². The van der Waals surface area contributed by atoms with Gasteiger partial charge in [-0.3, -0.25) is 0 Å². The first-order valence-corrected chi connectivity index (χ1v) is 9.27. The van der Waals surface area contributed by atoms with Crippen molar-refractivity contribution >= 4 is 0 Å². The molecule has 3 heteroatoms. The number of rotatable bonds is 6. The Morgan fingerprint density at radius 2 is 1.48 bits per heavy atom. The molecule has 25 heavy (non-hydrogen) atoms. The summed E-state index contributed by atoms with van der Waals surface area (Å²) in [7, 11) is 0. The maximum Gasteiger partial charge on any atom is 0.137 e. The Morgan fingerprint density at radius 1 is 0.840 bits per heavy atom. The van der Waals surface area contributed by atoms with Crippen molar-refractivity contribution in [3.05, 3.63) is 65.2 Å². The molecule has 0 bridgehead atoms. The van der Waals surface area contributed by atoms with Gasteiger partial charge in [0.1, 0.15) is 25.4 Å². The van der Waals surface area contributed by atoms with Crippen LogP contribution >= 0.6 is 0 Å². The summed E-state index contributed by atoms with van der Waals surface area (Å²) in [6.07, 6.45) is 4.07. The molecule has 1 heterocycles. The first-order valence-electron chi connectivity index (χ1n) is 9.27. The molecule has 1 saturated heterocycles. The Labute approximate surface area is 178 Å². The Kier molecular flexibility index (Phi) is 8.12.